The molecular formula is C18H31NO. The van der Waals surface area contributed by atoms with Crippen molar-refractivity contribution in [3.05, 3.63) is 28.8 Å². The number of ether oxygens (including phenoxy) is 1. The zero-order valence-electron chi connectivity index (χ0n) is 13.9. The van der Waals surface area contributed by atoms with E-state index in [1.807, 2.05) is 0 Å². The predicted octanol–water partition coefficient (Wildman–Crippen LogP) is 4.27. The fourth-order valence-corrected chi connectivity index (χ4v) is 2.65. The molecule has 0 fully saturated rings. The molecule has 1 aromatic carbocycles. The molecule has 1 N–H and O–H groups in total. The largest absolute Gasteiger partial charge is 0.496 e. The number of hydrogen-bond acceptors (Lipinski definition) is 2. The van der Waals surface area contributed by atoms with Crippen LogP contribution in [-0.2, 0) is 6.42 Å². The number of rotatable bonds is 9. The monoisotopic (exact) mass is 277 g/mol. The van der Waals surface area contributed by atoms with Crippen LogP contribution in [0.25, 0.3) is 0 Å². The molecule has 0 unspecified atom stereocenters. The summed E-state index contributed by atoms with van der Waals surface area (Å²) in [4.78, 5) is 0. The second kappa shape index (κ2) is 9.02. The van der Waals surface area contributed by atoms with E-state index in [0.717, 1.165) is 24.8 Å². The van der Waals surface area contributed by atoms with Crippen molar-refractivity contribution in [2.75, 3.05) is 20.2 Å². The molecule has 114 valence electrons. The Labute approximate surface area is 124 Å². The highest BCUT2D eigenvalue weighted by Crippen LogP contribution is 2.25. The van der Waals surface area contributed by atoms with Crippen LogP contribution >= 0.6 is 0 Å². The first-order valence-corrected chi connectivity index (χ1v) is 7.89. The van der Waals surface area contributed by atoms with Crippen LogP contribution in [0, 0.1) is 19.8 Å². The van der Waals surface area contributed by atoms with Crippen LogP contribution in [0.15, 0.2) is 12.1 Å². The lowest BCUT2D eigenvalue weighted by Crippen LogP contribution is -2.20. The zero-order chi connectivity index (χ0) is 15.0. The molecule has 0 saturated carbocycles. The second-order valence-electron chi connectivity index (χ2n) is 6.17. The summed E-state index contributed by atoms with van der Waals surface area (Å²) >= 11 is 0. The van der Waals surface area contributed by atoms with Gasteiger partial charge in [-0.25, -0.2) is 0 Å². The molecule has 2 nitrogen and oxygen atoms in total. The van der Waals surface area contributed by atoms with Gasteiger partial charge in [0.1, 0.15) is 5.75 Å². The van der Waals surface area contributed by atoms with Gasteiger partial charge < -0.3 is 10.1 Å². The molecule has 0 aliphatic carbocycles. The molecule has 0 saturated heterocycles. The normalized spacial score (nSPS) is 11.1. The molecule has 0 radical (unpaired) electrons. The van der Waals surface area contributed by atoms with Gasteiger partial charge >= 0.3 is 0 Å². The first kappa shape index (κ1) is 17.0. The number of aryl methyl sites for hydroxylation is 3. The highest BCUT2D eigenvalue weighted by Gasteiger charge is 2.05. The van der Waals surface area contributed by atoms with E-state index >= 15 is 0 Å². The summed E-state index contributed by atoms with van der Waals surface area (Å²) in [6.07, 6.45) is 5.03. The number of unbranched alkanes of at least 4 members (excludes halogenated alkanes) is 2. The molecule has 20 heavy (non-hydrogen) atoms. The van der Waals surface area contributed by atoms with Crippen molar-refractivity contribution in [3.8, 4) is 5.75 Å². The van der Waals surface area contributed by atoms with Gasteiger partial charge in [-0.3, -0.25) is 0 Å². The van der Waals surface area contributed by atoms with Crippen LogP contribution in [0.5, 0.6) is 5.75 Å². The average molecular weight is 277 g/mol. The van der Waals surface area contributed by atoms with Gasteiger partial charge in [-0.15, -0.1) is 0 Å². The van der Waals surface area contributed by atoms with Gasteiger partial charge in [0.25, 0.3) is 0 Å². The highest BCUT2D eigenvalue weighted by molar-refractivity contribution is 5.43. The Morgan fingerprint density at radius 3 is 2.25 bits per heavy atom. The zero-order valence-corrected chi connectivity index (χ0v) is 13.9. The van der Waals surface area contributed by atoms with Crippen molar-refractivity contribution in [2.24, 2.45) is 5.92 Å². The van der Waals surface area contributed by atoms with E-state index in [-0.39, 0.29) is 0 Å². The van der Waals surface area contributed by atoms with Crippen molar-refractivity contribution in [2.45, 2.75) is 53.4 Å². The molecule has 0 aliphatic rings. The third-order valence-corrected chi connectivity index (χ3v) is 3.60. The van der Waals surface area contributed by atoms with E-state index in [9.17, 15) is 0 Å². The number of methoxy groups -OCH3 is 1. The lowest BCUT2D eigenvalue weighted by Gasteiger charge is -2.11. The minimum absolute atomic E-state index is 0.750. The number of nitrogens with one attached hydrogen (secondary N) is 1. The summed E-state index contributed by atoms with van der Waals surface area (Å²) in [6, 6.07) is 4.53. The second-order valence-corrected chi connectivity index (χ2v) is 6.17. The summed E-state index contributed by atoms with van der Waals surface area (Å²) in [5.41, 5.74) is 3.94. The Morgan fingerprint density at radius 2 is 1.70 bits per heavy atom. The predicted molar refractivity (Wildman–Crippen MR) is 87.7 cm³/mol. The van der Waals surface area contributed by atoms with Gasteiger partial charge in [0, 0.05) is 0 Å². The average Bonchev–Trinajstić information content (AvgIpc) is 2.37. The van der Waals surface area contributed by atoms with Crippen molar-refractivity contribution in [1.29, 1.82) is 0 Å². The van der Waals surface area contributed by atoms with Crippen molar-refractivity contribution in [1.82, 2.24) is 5.32 Å². The van der Waals surface area contributed by atoms with E-state index in [1.165, 1.54) is 42.4 Å². The Hall–Kier alpha value is -1.02. The van der Waals surface area contributed by atoms with Crippen LogP contribution < -0.4 is 10.1 Å². The Balaban J connectivity index is 2.26. The Bertz CT molecular complexity index is 375. The van der Waals surface area contributed by atoms with Gasteiger partial charge in [0.2, 0.25) is 0 Å². The fraction of sp³-hybridized carbons (Fsp3) is 0.667. The number of hydrogen-bond donors (Lipinski definition) is 1. The van der Waals surface area contributed by atoms with Crippen LogP contribution in [0.4, 0.5) is 0 Å². The van der Waals surface area contributed by atoms with Gasteiger partial charge in [0.05, 0.1) is 7.11 Å². The Morgan fingerprint density at radius 1 is 1.05 bits per heavy atom. The van der Waals surface area contributed by atoms with Gasteiger partial charge in [-0.05, 0) is 68.8 Å². The van der Waals surface area contributed by atoms with E-state index in [4.69, 9.17) is 4.74 Å². The number of benzene rings is 1. The van der Waals surface area contributed by atoms with Gasteiger partial charge in [-0.2, -0.15) is 0 Å². The third-order valence-electron chi connectivity index (χ3n) is 3.60. The molecular weight excluding hydrogens is 246 g/mol. The van der Waals surface area contributed by atoms with Gasteiger partial charge in [0.15, 0.2) is 0 Å². The minimum Gasteiger partial charge on any atom is -0.496 e. The first-order chi connectivity index (χ1) is 9.54. The van der Waals surface area contributed by atoms with Gasteiger partial charge in [-0.1, -0.05) is 32.4 Å². The molecule has 1 aromatic rings. The van der Waals surface area contributed by atoms with Crippen LogP contribution in [0.1, 0.15) is 49.8 Å². The quantitative estimate of drug-likeness (QED) is 0.681. The maximum atomic E-state index is 5.41. The summed E-state index contributed by atoms with van der Waals surface area (Å²) in [7, 11) is 1.75. The topological polar surface area (TPSA) is 21.3 Å². The summed E-state index contributed by atoms with van der Waals surface area (Å²) in [6.45, 7) is 11.1. The molecule has 0 heterocycles. The minimum atomic E-state index is 0.750. The molecule has 2 heteroatoms. The maximum absolute atomic E-state index is 5.41. The lowest BCUT2D eigenvalue weighted by molar-refractivity contribution is 0.408. The van der Waals surface area contributed by atoms with E-state index in [2.05, 4.69) is 45.1 Å². The van der Waals surface area contributed by atoms with E-state index in [0.29, 0.717) is 0 Å². The summed E-state index contributed by atoms with van der Waals surface area (Å²) in [5.74, 6) is 1.78. The molecule has 0 bridgehead atoms. The van der Waals surface area contributed by atoms with Crippen LogP contribution in [0.2, 0.25) is 0 Å². The molecule has 0 aromatic heterocycles. The van der Waals surface area contributed by atoms with Crippen LogP contribution in [0.3, 0.4) is 0 Å². The van der Waals surface area contributed by atoms with Crippen molar-refractivity contribution in [3.63, 3.8) is 0 Å². The lowest BCUT2D eigenvalue weighted by atomic mass is 10.0. The van der Waals surface area contributed by atoms with Crippen molar-refractivity contribution < 1.29 is 4.74 Å². The van der Waals surface area contributed by atoms with E-state index in [1.54, 1.807) is 7.11 Å². The maximum Gasteiger partial charge on any atom is 0.124 e. The van der Waals surface area contributed by atoms with E-state index < -0.39 is 0 Å². The molecule has 1 rings (SSSR count). The molecule has 0 aliphatic heterocycles. The first-order valence-electron chi connectivity index (χ1n) is 7.89. The SMILES string of the molecule is COc1c(C)cc(CCCCCNCC(C)C)cc1C. The highest BCUT2D eigenvalue weighted by atomic mass is 16.5. The molecule has 0 spiro atoms. The standard InChI is InChI=1S/C18H31NO/c1-14(2)13-19-10-8-6-7-9-17-11-15(3)18(20-5)16(4)12-17/h11-12,14,19H,6-10,13H2,1-5H3. The summed E-state index contributed by atoms with van der Waals surface area (Å²) in [5, 5.41) is 3.50. The fourth-order valence-electron chi connectivity index (χ4n) is 2.65. The molecule has 0 amide bonds. The Kier molecular flexibility index (Phi) is 7.68. The smallest absolute Gasteiger partial charge is 0.124 e. The van der Waals surface area contributed by atoms with Crippen molar-refractivity contribution >= 4 is 0 Å². The molecule has 0 atom stereocenters. The third kappa shape index (κ3) is 5.96. The summed E-state index contributed by atoms with van der Waals surface area (Å²) < 4.78 is 5.41. The van der Waals surface area contributed by atoms with Crippen LogP contribution in [-0.4, -0.2) is 20.2 Å².